The van der Waals surface area contributed by atoms with Crippen LogP contribution in [0.15, 0.2) is 66.1 Å². The predicted octanol–water partition coefficient (Wildman–Crippen LogP) is 3.11. The second-order valence-corrected chi connectivity index (χ2v) is 4.81. The summed E-state index contributed by atoms with van der Waals surface area (Å²) in [4.78, 5) is 26.0. The van der Waals surface area contributed by atoms with Gasteiger partial charge < -0.3 is 10.0 Å². The van der Waals surface area contributed by atoms with Crippen LogP contribution in [0.25, 0.3) is 0 Å². The van der Waals surface area contributed by atoms with Crippen molar-refractivity contribution in [1.82, 2.24) is 0 Å². The summed E-state index contributed by atoms with van der Waals surface area (Å²) in [6.45, 7) is 0.186. The maximum absolute atomic E-state index is 12.3. The fourth-order valence-electron chi connectivity index (χ4n) is 2.23. The summed E-state index contributed by atoms with van der Waals surface area (Å²) in [7, 11) is 0. The SMILES string of the molecule is O=Nc1ccc(N2C=CN(c3ccc(O)cc3)C(=O)C2)cc1. The van der Waals surface area contributed by atoms with Crippen LogP contribution in [-0.2, 0) is 4.79 Å². The summed E-state index contributed by atoms with van der Waals surface area (Å²) in [6, 6.07) is 13.1. The largest absolute Gasteiger partial charge is 0.508 e. The highest BCUT2D eigenvalue weighted by Crippen LogP contribution is 2.25. The van der Waals surface area contributed by atoms with Crippen molar-refractivity contribution in [3.63, 3.8) is 0 Å². The first kappa shape index (κ1) is 13.8. The molecule has 0 radical (unpaired) electrons. The summed E-state index contributed by atoms with van der Waals surface area (Å²) in [5, 5.41) is 12.1. The Balaban J connectivity index is 1.81. The summed E-state index contributed by atoms with van der Waals surface area (Å²) < 4.78 is 0. The van der Waals surface area contributed by atoms with Crippen LogP contribution in [-0.4, -0.2) is 17.6 Å². The third-order valence-electron chi connectivity index (χ3n) is 3.38. The average molecular weight is 295 g/mol. The normalized spacial score (nSPS) is 14.3. The van der Waals surface area contributed by atoms with Gasteiger partial charge in [-0.05, 0) is 53.7 Å². The van der Waals surface area contributed by atoms with E-state index >= 15 is 0 Å². The monoisotopic (exact) mass is 295 g/mol. The highest BCUT2D eigenvalue weighted by atomic mass is 16.3. The molecule has 22 heavy (non-hydrogen) atoms. The van der Waals surface area contributed by atoms with Crippen molar-refractivity contribution in [3.8, 4) is 5.75 Å². The molecule has 6 nitrogen and oxygen atoms in total. The molecule has 1 aliphatic rings. The number of rotatable bonds is 3. The van der Waals surface area contributed by atoms with Crippen LogP contribution < -0.4 is 9.80 Å². The molecule has 0 fully saturated rings. The molecule has 110 valence electrons. The number of nitroso groups, excluding NO2 is 1. The zero-order valence-electron chi connectivity index (χ0n) is 11.6. The molecule has 1 aliphatic heterocycles. The summed E-state index contributed by atoms with van der Waals surface area (Å²) >= 11 is 0. The number of anilines is 2. The highest BCUT2D eigenvalue weighted by Gasteiger charge is 2.21. The fourth-order valence-corrected chi connectivity index (χ4v) is 2.23. The minimum absolute atomic E-state index is 0.0919. The van der Waals surface area contributed by atoms with E-state index in [0.29, 0.717) is 11.4 Å². The number of nitrogens with zero attached hydrogens (tertiary/aromatic N) is 3. The molecule has 0 unspecified atom stereocenters. The fraction of sp³-hybridized carbons (Fsp3) is 0.0625. The molecule has 0 atom stereocenters. The van der Waals surface area contributed by atoms with Crippen molar-refractivity contribution < 1.29 is 9.90 Å². The molecular formula is C16H13N3O3. The van der Waals surface area contributed by atoms with Gasteiger partial charge in [0.05, 0.1) is 0 Å². The highest BCUT2D eigenvalue weighted by molar-refractivity contribution is 5.99. The first-order valence-corrected chi connectivity index (χ1v) is 6.67. The number of carbonyl (C=O) groups is 1. The van der Waals surface area contributed by atoms with E-state index in [9.17, 15) is 14.8 Å². The zero-order chi connectivity index (χ0) is 15.5. The summed E-state index contributed by atoms with van der Waals surface area (Å²) in [5.41, 5.74) is 1.85. The lowest BCUT2D eigenvalue weighted by Gasteiger charge is -2.29. The van der Waals surface area contributed by atoms with Crippen LogP contribution in [0.3, 0.4) is 0 Å². The topological polar surface area (TPSA) is 73.2 Å². The van der Waals surface area contributed by atoms with Crippen LogP contribution in [0.5, 0.6) is 5.75 Å². The van der Waals surface area contributed by atoms with Crippen molar-refractivity contribution >= 4 is 23.0 Å². The second kappa shape index (κ2) is 5.69. The van der Waals surface area contributed by atoms with E-state index in [1.807, 2.05) is 0 Å². The lowest BCUT2D eigenvalue weighted by molar-refractivity contribution is -0.116. The Morgan fingerprint density at radius 2 is 1.55 bits per heavy atom. The molecule has 0 spiro atoms. The number of carbonyl (C=O) groups excluding carboxylic acids is 1. The van der Waals surface area contributed by atoms with Gasteiger partial charge in [0.25, 0.3) is 5.91 Å². The predicted molar refractivity (Wildman–Crippen MR) is 84.0 cm³/mol. The Morgan fingerprint density at radius 1 is 0.909 bits per heavy atom. The number of hydrogen-bond donors (Lipinski definition) is 1. The van der Waals surface area contributed by atoms with Gasteiger partial charge in [0, 0.05) is 23.8 Å². The second-order valence-electron chi connectivity index (χ2n) is 4.81. The maximum atomic E-state index is 12.3. The Kier molecular flexibility index (Phi) is 3.57. The molecule has 1 heterocycles. The third-order valence-corrected chi connectivity index (χ3v) is 3.38. The summed E-state index contributed by atoms with van der Waals surface area (Å²) in [6.07, 6.45) is 3.46. The van der Waals surface area contributed by atoms with Crippen molar-refractivity contribution in [2.45, 2.75) is 0 Å². The minimum atomic E-state index is -0.0919. The molecule has 0 aliphatic carbocycles. The Bertz CT molecular complexity index is 723. The van der Waals surface area contributed by atoms with Crippen molar-refractivity contribution in [1.29, 1.82) is 0 Å². The molecular weight excluding hydrogens is 282 g/mol. The van der Waals surface area contributed by atoms with Gasteiger partial charge in [-0.25, -0.2) is 0 Å². The number of benzene rings is 2. The Hall–Kier alpha value is -3.15. The van der Waals surface area contributed by atoms with E-state index in [-0.39, 0.29) is 18.2 Å². The van der Waals surface area contributed by atoms with Crippen LogP contribution in [0.2, 0.25) is 0 Å². The lowest BCUT2D eigenvalue weighted by atomic mass is 10.2. The molecule has 2 aromatic rings. The van der Waals surface area contributed by atoms with Gasteiger partial charge in [-0.15, -0.1) is 4.91 Å². The van der Waals surface area contributed by atoms with E-state index in [1.165, 1.54) is 17.0 Å². The van der Waals surface area contributed by atoms with Gasteiger partial charge in [0.2, 0.25) is 0 Å². The lowest BCUT2D eigenvalue weighted by Crippen LogP contribution is -2.40. The number of aromatic hydroxyl groups is 1. The van der Waals surface area contributed by atoms with Crippen molar-refractivity contribution in [2.24, 2.45) is 5.18 Å². The number of amides is 1. The van der Waals surface area contributed by atoms with E-state index in [1.54, 1.807) is 53.7 Å². The third kappa shape index (κ3) is 2.67. The molecule has 0 saturated carbocycles. The standard InChI is InChI=1S/C16H13N3O3/c20-15-7-5-14(6-8-15)19-10-9-18(11-16(19)21)13-3-1-12(17-22)2-4-13/h1-10,20H,11H2. The number of phenolic OH excluding ortho intramolecular Hbond substituents is 1. The Morgan fingerprint density at radius 3 is 2.14 bits per heavy atom. The van der Waals surface area contributed by atoms with E-state index in [4.69, 9.17) is 0 Å². The first-order valence-electron chi connectivity index (χ1n) is 6.67. The van der Waals surface area contributed by atoms with Crippen molar-refractivity contribution in [3.05, 3.63) is 65.8 Å². The molecule has 0 aromatic heterocycles. The van der Waals surface area contributed by atoms with Crippen LogP contribution in [0.1, 0.15) is 0 Å². The quantitative estimate of drug-likeness (QED) is 0.883. The van der Waals surface area contributed by atoms with Gasteiger partial charge in [-0.1, -0.05) is 0 Å². The van der Waals surface area contributed by atoms with Gasteiger partial charge in [0.15, 0.2) is 0 Å². The van der Waals surface area contributed by atoms with Gasteiger partial charge in [-0.2, -0.15) is 0 Å². The van der Waals surface area contributed by atoms with E-state index in [2.05, 4.69) is 5.18 Å². The average Bonchev–Trinajstić information content (AvgIpc) is 2.56. The number of phenols is 1. The van der Waals surface area contributed by atoms with Crippen LogP contribution in [0, 0.1) is 4.91 Å². The molecule has 3 rings (SSSR count). The number of hydrogen-bond acceptors (Lipinski definition) is 5. The zero-order valence-corrected chi connectivity index (χ0v) is 11.6. The van der Waals surface area contributed by atoms with E-state index in [0.717, 1.165) is 5.69 Å². The van der Waals surface area contributed by atoms with Gasteiger partial charge in [-0.3, -0.25) is 9.69 Å². The van der Waals surface area contributed by atoms with Gasteiger partial charge in [0.1, 0.15) is 18.0 Å². The molecule has 1 N–H and O–H groups in total. The maximum Gasteiger partial charge on any atom is 0.251 e. The van der Waals surface area contributed by atoms with Crippen LogP contribution in [0.4, 0.5) is 17.1 Å². The molecule has 6 heteroatoms. The smallest absolute Gasteiger partial charge is 0.251 e. The minimum Gasteiger partial charge on any atom is -0.508 e. The Labute approximate surface area is 126 Å². The molecule has 0 bridgehead atoms. The molecule has 2 aromatic carbocycles. The van der Waals surface area contributed by atoms with Crippen LogP contribution >= 0.6 is 0 Å². The van der Waals surface area contributed by atoms with E-state index < -0.39 is 0 Å². The first-order chi connectivity index (χ1) is 10.7. The molecule has 1 amide bonds. The summed E-state index contributed by atoms with van der Waals surface area (Å²) in [5.74, 6) is 0.0634. The van der Waals surface area contributed by atoms with Crippen molar-refractivity contribution in [2.75, 3.05) is 16.3 Å². The van der Waals surface area contributed by atoms with Gasteiger partial charge >= 0.3 is 0 Å². The molecule has 0 saturated heterocycles.